The molecule has 1 aliphatic rings. The van der Waals surface area contributed by atoms with Crippen LogP contribution in [0.2, 0.25) is 0 Å². The Kier molecular flexibility index (Phi) is 5.62. The number of aliphatic hydroxyl groups excluding tert-OH is 1. The Morgan fingerprint density at radius 3 is 2.48 bits per heavy atom. The van der Waals surface area contributed by atoms with Crippen molar-refractivity contribution in [1.82, 2.24) is 14.6 Å². The SMILES string of the molecule is COc1ccc([C@H]2CC(c3ccccc3)=NN2C(=O)Cn2c(CO)nc3ccccc32)cc1. The number of carbonyl (C=O) groups excluding carboxylic acids is 1. The number of imidazole rings is 1. The zero-order chi connectivity index (χ0) is 22.8. The van der Waals surface area contributed by atoms with E-state index in [1.54, 1.807) is 16.7 Å². The first kappa shape index (κ1) is 20.9. The first-order valence-corrected chi connectivity index (χ1v) is 10.8. The molecule has 0 saturated carbocycles. The van der Waals surface area contributed by atoms with E-state index in [4.69, 9.17) is 9.84 Å². The quantitative estimate of drug-likeness (QED) is 0.493. The first-order chi connectivity index (χ1) is 16.2. The molecule has 7 nitrogen and oxygen atoms in total. The smallest absolute Gasteiger partial charge is 0.263 e. The van der Waals surface area contributed by atoms with Gasteiger partial charge in [0.2, 0.25) is 0 Å². The Bertz CT molecular complexity index is 1310. The molecule has 0 aliphatic carbocycles. The summed E-state index contributed by atoms with van der Waals surface area (Å²) in [7, 11) is 1.63. The molecule has 4 aromatic rings. The summed E-state index contributed by atoms with van der Waals surface area (Å²) in [5.41, 5.74) is 4.40. The molecule has 1 amide bonds. The highest BCUT2D eigenvalue weighted by Gasteiger charge is 2.33. The lowest BCUT2D eigenvalue weighted by Gasteiger charge is -2.23. The molecule has 0 saturated heterocycles. The Labute approximate surface area is 191 Å². The van der Waals surface area contributed by atoms with E-state index >= 15 is 0 Å². The van der Waals surface area contributed by atoms with Crippen molar-refractivity contribution in [2.24, 2.45) is 5.10 Å². The van der Waals surface area contributed by atoms with E-state index in [0.717, 1.165) is 33.6 Å². The maximum absolute atomic E-state index is 13.6. The van der Waals surface area contributed by atoms with Crippen molar-refractivity contribution in [2.75, 3.05) is 7.11 Å². The van der Waals surface area contributed by atoms with Crippen LogP contribution in [0.25, 0.3) is 11.0 Å². The van der Waals surface area contributed by atoms with Crippen molar-refractivity contribution >= 4 is 22.7 Å². The summed E-state index contributed by atoms with van der Waals surface area (Å²) in [5.74, 6) is 1.05. The number of rotatable bonds is 6. The molecule has 7 heteroatoms. The molecule has 0 unspecified atom stereocenters. The number of para-hydroxylation sites is 2. The largest absolute Gasteiger partial charge is 0.497 e. The summed E-state index contributed by atoms with van der Waals surface area (Å²) in [5, 5.41) is 16.1. The summed E-state index contributed by atoms with van der Waals surface area (Å²) in [6.07, 6.45) is 0.611. The monoisotopic (exact) mass is 440 g/mol. The zero-order valence-corrected chi connectivity index (χ0v) is 18.3. The van der Waals surface area contributed by atoms with Crippen LogP contribution in [-0.2, 0) is 17.9 Å². The number of ether oxygens (including phenoxy) is 1. The third kappa shape index (κ3) is 3.99. The van der Waals surface area contributed by atoms with Crippen molar-refractivity contribution in [3.05, 3.63) is 95.8 Å². The van der Waals surface area contributed by atoms with E-state index < -0.39 is 0 Å². The molecule has 0 spiro atoms. The molecule has 33 heavy (non-hydrogen) atoms. The zero-order valence-electron chi connectivity index (χ0n) is 18.3. The van der Waals surface area contributed by atoms with Crippen LogP contribution in [-0.4, -0.2) is 38.4 Å². The summed E-state index contributed by atoms with van der Waals surface area (Å²) in [4.78, 5) is 18.0. The van der Waals surface area contributed by atoms with Gasteiger partial charge in [0, 0.05) is 6.42 Å². The van der Waals surface area contributed by atoms with E-state index in [2.05, 4.69) is 4.98 Å². The van der Waals surface area contributed by atoms with E-state index in [-0.39, 0.29) is 25.1 Å². The van der Waals surface area contributed by atoms with E-state index in [1.165, 1.54) is 0 Å². The van der Waals surface area contributed by atoms with Crippen LogP contribution in [0.3, 0.4) is 0 Å². The lowest BCUT2D eigenvalue weighted by atomic mass is 9.98. The molecule has 0 radical (unpaired) electrons. The lowest BCUT2D eigenvalue weighted by molar-refractivity contribution is -0.133. The van der Waals surface area contributed by atoms with Gasteiger partial charge in [0.1, 0.15) is 24.7 Å². The number of methoxy groups -OCH3 is 1. The average Bonchev–Trinajstić information content (AvgIpc) is 3.47. The second-order valence-electron chi connectivity index (χ2n) is 7.91. The number of hydrazone groups is 1. The number of benzene rings is 3. The predicted molar refractivity (Wildman–Crippen MR) is 126 cm³/mol. The Morgan fingerprint density at radius 1 is 1.03 bits per heavy atom. The molecule has 0 fully saturated rings. The van der Waals surface area contributed by atoms with Gasteiger partial charge in [0.15, 0.2) is 0 Å². The van der Waals surface area contributed by atoms with Crippen molar-refractivity contribution in [3.63, 3.8) is 0 Å². The maximum atomic E-state index is 13.6. The van der Waals surface area contributed by atoms with Gasteiger partial charge in [0.25, 0.3) is 5.91 Å². The molecule has 1 atom stereocenters. The predicted octanol–water partition coefficient (Wildman–Crippen LogP) is 3.92. The third-order valence-electron chi connectivity index (χ3n) is 5.94. The summed E-state index contributed by atoms with van der Waals surface area (Å²) < 4.78 is 7.05. The molecule has 166 valence electrons. The van der Waals surface area contributed by atoms with Crippen LogP contribution in [0.1, 0.15) is 29.4 Å². The van der Waals surface area contributed by atoms with Gasteiger partial charge in [0.05, 0.1) is 29.9 Å². The highest BCUT2D eigenvalue weighted by molar-refractivity contribution is 6.03. The summed E-state index contributed by atoms with van der Waals surface area (Å²) in [6, 6.07) is 25.0. The fraction of sp³-hybridized carbons (Fsp3) is 0.192. The van der Waals surface area contributed by atoms with Gasteiger partial charge < -0.3 is 14.4 Å². The third-order valence-corrected chi connectivity index (χ3v) is 5.94. The minimum absolute atomic E-state index is 0.0363. The number of aromatic nitrogens is 2. The molecule has 0 bridgehead atoms. The number of hydrogen-bond donors (Lipinski definition) is 1. The van der Waals surface area contributed by atoms with Crippen LogP contribution in [0.15, 0.2) is 84.0 Å². The molecule has 2 heterocycles. The first-order valence-electron chi connectivity index (χ1n) is 10.8. The van der Waals surface area contributed by atoms with Gasteiger partial charge in [-0.3, -0.25) is 4.79 Å². The van der Waals surface area contributed by atoms with Crippen LogP contribution in [0.4, 0.5) is 0 Å². The molecule has 1 aromatic heterocycles. The number of carbonyl (C=O) groups is 1. The highest BCUT2D eigenvalue weighted by atomic mass is 16.5. The Morgan fingerprint density at radius 2 is 1.76 bits per heavy atom. The van der Waals surface area contributed by atoms with E-state index in [9.17, 15) is 9.90 Å². The number of aliphatic hydroxyl groups is 1. The van der Waals surface area contributed by atoms with Gasteiger partial charge in [-0.25, -0.2) is 9.99 Å². The number of nitrogens with zero attached hydrogens (tertiary/aromatic N) is 4. The van der Waals surface area contributed by atoms with Gasteiger partial charge in [-0.1, -0.05) is 54.6 Å². The number of hydrogen-bond acceptors (Lipinski definition) is 5. The number of fused-ring (bicyclic) bond motifs is 1. The minimum atomic E-state index is -0.248. The van der Waals surface area contributed by atoms with Crippen molar-refractivity contribution in [2.45, 2.75) is 25.6 Å². The van der Waals surface area contributed by atoms with Gasteiger partial charge in [-0.05, 0) is 35.4 Å². The van der Waals surface area contributed by atoms with Crippen LogP contribution >= 0.6 is 0 Å². The molecule has 1 aliphatic heterocycles. The van der Waals surface area contributed by atoms with E-state index in [0.29, 0.717) is 12.2 Å². The Hall–Kier alpha value is -3.97. The fourth-order valence-electron chi connectivity index (χ4n) is 4.26. The average molecular weight is 441 g/mol. The number of amides is 1. The van der Waals surface area contributed by atoms with Crippen LogP contribution < -0.4 is 4.74 Å². The van der Waals surface area contributed by atoms with Crippen LogP contribution in [0, 0.1) is 0 Å². The van der Waals surface area contributed by atoms with Gasteiger partial charge in [-0.2, -0.15) is 5.10 Å². The lowest BCUT2D eigenvalue weighted by Crippen LogP contribution is -2.30. The topological polar surface area (TPSA) is 80.0 Å². The standard InChI is InChI=1S/C26H24N4O3/c1-33-20-13-11-19(12-14-20)24-15-22(18-7-3-2-4-8-18)28-30(24)26(32)16-29-23-10-6-5-9-21(23)27-25(29)17-31/h2-14,24,31H,15-17H2,1H3/t24-/m1/s1. The highest BCUT2D eigenvalue weighted by Crippen LogP contribution is 2.34. The molecule has 1 N–H and O–H groups in total. The molecular formula is C26H24N4O3. The second-order valence-corrected chi connectivity index (χ2v) is 7.91. The van der Waals surface area contributed by atoms with Gasteiger partial charge in [-0.15, -0.1) is 0 Å². The van der Waals surface area contributed by atoms with Crippen LogP contribution in [0.5, 0.6) is 5.75 Å². The minimum Gasteiger partial charge on any atom is -0.497 e. The Balaban J connectivity index is 1.50. The van der Waals surface area contributed by atoms with Crippen molar-refractivity contribution in [3.8, 4) is 5.75 Å². The van der Waals surface area contributed by atoms with E-state index in [1.807, 2.05) is 78.9 Å². The molecule has 3 aromatic carbocycles. The molecular weight excluding hydrogens is 416 g/mol. The second kappa shape index (κ2) is 8.88. The summed E-state index contributed by atoms with van der Waals surface area (Å²) in [6.45, 7) is -0.211. The maximum Gasteiger partial charge on any atom is 0.263 e. The van der Waals surface area contributed by atoms with Gasteiger partial charge >= 0.3 is 0 Å². The van der Waals surface area contributed by atoms with Crippen molar-refractivity contribution < 1.29 is 14.6 Å². The summed E-state index contributed by atoms with van der Waals surface area (Å²) >= 11 is 0. The fourth-order valence-corrected chi connectivity index (χ4v) is 4.26. The van der Waals surface area contributed by atoms with Crippen molar-refractivity contribution in [1.29, 1.82) is 0 Å². The normalized spacial score (nSPS) is 15.6. The molecule has 5 rings (SSSR count).